The first-order chi connectivity index (χ1) is 9.51. The average Bonchev–Trinajstić information content (AvgIpc) is 2.75. The third kappa shape index (κ3) is 3.26. The summed E-state index contributed by atoms with van der Waals surface area (Å²) in [5.41, 5.74) is 7.43. The Hall–Kier alpha value is -1.65. The number of hydrogen-bond acceptors (Lipinski definition) is 2. The van der Waals surface area contributed by atoms with Gasteiger partial charge < -0.3 is 15.6 Å². The van der Waals surface area contributed by atoms with Crippen molar-refractivity contribution in [2.45, 2.75) is 19.9 Å². The Morgan fingerprint density at radius 1 is 1.30 bits per heavy atom. The van der Waals surface area contributed by atoms with Gasteiger partial charge in [0, 0.05) is 18.4 Å². The molecule has 6 heteroatoms. The van der Waals surface area contributed by atoms with Gasteiger partial charge in [-0.2, -0.15) is 0 Å². The highest BCUT2D eigenvalue weighted by atomic mass is 35.5. The van der Waals surface area contributed by atoms with Gasteiger partial charge in [-0.1, -0.05) is 30.1 Å². The molecule has 1 aromatic carbocycles. The Balaban J connectivity index is 2.21. The molecule has 3 N–H and O–H groups in total. The Kier molecular flexibility index (Phi) is 4.57. The monoisotopic (exact) mass is 311 g/mol. The summed E-state index contributed by atoms with van der Waals surface area (Å²) in [6.07, 6.45) is 2.68. The quantitative estimate of drug-likeness (QED) is 0.895. The second-order valence-corrected chi connectivity index (χ2v) is 5.25. The molecule has 0 fully saturated rings. The minimum atomic E-state index is -0.228. The average molecular weight is 312 g/mol. The third-order valence-electron chi connectivity index (χ3n) is 2.79. The van der Waals surface area contributed by atoms with Crippen LogP contribution < -0.4 is 11.1 Å². The molecule has 1 amide bonds. The van der Waals surface area contributed by atoms with E-state index in [1.54, 1.807) is 30.5 Å². The largest absolute Gasteiger partial charge is 0.397 e. The van der Waals surface area contributed by atoms with Crippen molar-refractivity contribution in [3.8, 4) is 0 Å². The number of carbonyl (C=O) groups is 1. The van der Waals surface area contributed by atoms with Crippen LogP contribution in [0.15, 0.2) is 30.5 Å². The van der Waals surface area contributed by atoms with Crippen molar-refractivity contribution in [1.82, 2.24) is 4.57 Å². The summed E-state index contributed by atoms with van der Waals surface area (Å²) in [5, 5.41) is 3.62. The molecule has 1 aromatic heterocycles. The van der Waals surface area contributed by atoms with Crippen LogP contribution in [-0.4, -0.2) is 10.5 Å². The number of halogens is 2. The molecule has 1 heterocycles. The molecular formula is C14H15Cl2N3O. The van der Waals surface area contributed by atoms with Crippen molar-refractivity contribution in [1.29, 1.82) is 0 Å². The van der Waals surface area contributed by atoms with E-state index in [1.165, 1.54) is 0 Å². The van der Waals surface area contributed by atoms with Crippen molar-refractivity contribution >= 4 is 40.5 Å². The molecule has 0 saturated carbocycles. The zero-order chi connectivity index (χ0) is 14.7. The van der Waals surface area contributed by atoms with Crippen molar-refractivity contribution in [2.75, 3.05) is 11.1 Å². The summed E-state index contributed by atoms with van der Waals surface area (Å²) in [5.74, 6) is -0.228. The fourth-order valence-electron chi connectivity index (χ4n) is 1.92. The van der Waals surface area contributed by atoms with E-state index in [2.05, 4.69) is 5.32 Å². The smallest absolute Gasteiger partial charge is 0.272 e. The van der Waals surface area contributed by atoms with E-state index in [4.69, 9.17) is 28.9 Å². The lowest BCUT2D eigenvalue weighted by Crippen LogP contribution is -2.16. The topological polar surface area (TPSA) is 60.0 Å². The van der Waals surface area contributed by atoms with Crippen LogP contribution in [0.25, 0.3) is 0 Å². The highest BCUT2D eigenvalue weighted by Crippen LogP contribution is 2.25. The lowest BCUT2D eigenvalue weighted by molar-refractivity contribution is 0.101. The van der Waals surface area contributed by atoms with Gasteiger partial charge in [-0.25, -0.2) is 0 Å². The van der Waals surface area contributed by atoms with Crippen LogP contribution in [0.4, 0.5) is 11.4 Å². The first kappa shape index (κ1) is 14.8. The lowest BCUT2D eigenvalue weighted by Gasteiger charge is -2.09. The Labute approximate surface area is 127 Å². The molecule has 0 aliphatic heterocycles. The van der Waals surface area contributed by atoms with Gasteiger partial charge in [0.15, 0.2) is 0 Å². The van der Waals surface area contributed by atoms with Crippen molar-refractivity contribution < 1.29 is 4.79 Å². The van der Waals surface area contributed by atoms with Crippen LogP contribution in [-0.2, 0) is 6.54 Å². The zero-order valence-corrected chi connectivity index (χ0v) is 12.5. The minimum absolute atomic E-state index is 0.228. The molecule has 2 rings (SSSR count). The van der Waals surface area contributed by atoms with Gasteiger partial charge in [-0.05, 0) is 30.7 Å². The van der Waals surface area contributed by atoms with Crippen LogP contribution in [0.5, 0.6) is 0 Å². The molecule has 0 unspecified atom stereocenters. The fourth-order valence-corrected chi connectivity index (χ4v) is 2.22. The number of amides is 1. The number of nitrogens with zero attached hydrogens (tertiary/aromatic N) is 1. The van der Waals surface area contributed by atoms with Gasteiger partial charge in [0.1, 0.15) is 5.69 Å². The van der Waals surface area contributed by atoms with Crippen LogP contribution in [0, 0.1) is 0 Å². The van der Waals surface area contributed by atoms with Gasteiger partial charge in [-0.15, -0.1) is 0 Å². The molecule has 0 bridgehead atoms. The van der Waals surface area contributed by atoms with Gasteiger partial charge in [0.2, 0.25) is 0 Å². The molecule has 106 valence electrons. The van der Waals surface area contributed by atoms with E-state index < -0.39 is 0 Å². The standard InChI is InChI=1S/C14H15Cl2N3O/c1-2-5-19-8-9(17)6-13(19)14(20)18-10-3-4-11(15)12(16)7-10/h3-4,6-8H,2,5,17H2,1H3,(H,18,20). The van der Waals surface area contributed by atoms with E-state index in [0.717, 1.165) is 13.0 Å². The number of carbonyl (C=O) groups excluding carboxylic acids is 1. The highest BCUT2D eigenvalue weighted by Gasteiger charge is 2.13. The minimum Gasteiger partial charge on any atom is -0.397 e. The van der Waals surface area contributed by atoms with E-state index in [9.17, 15) is 4.79 Å². The molecule has 0 aliphatic carbocycles. The first-order valence-electron chi connectivity index (χ1n) is 6.23. The summed E-state index contributed by atoms with van der Waals surface area (Å²) in [7, 11) is 0. The normalized spacial score (nSPS) is 10.6. The van der Waals surface area contributed by atoms with Crippen LogP contribution >= 0.6 is 23.2 Å². The van der Waals surface area contributed by atoms with E-state index in [-0.39, 0.29) is 5.91 Å². The maximum atomic E-state index is 12.3. The van der Waals surface area contributed by atoms with Crippen molar-refractivity contribution in [3.05, 3.63) is 46.2 Å². The summed E-state index contributed by atoms with van der Waals surface area (Å²) >= 11 is 11.8. The number of aryl methyl sites for hydroxylation is 1. The first-order valence-corrected chi connectivity index (χ1v) is 6.99. The molecule has 20 heavy (non-hydrogen) atoms. The summed E-state index contributed by atoms with van der Waals surface area (Å²) < 4.78 is 1.84. The van der Waals surface area contributed by atoms with Crippen LogP contribution in [0.2, 0.25) is 10.0 Å². The number of nitrogens with two attached hydrogens (primary N) is 1. The van der Waals surface area contributed by atoms with Gasteiger partial charge >= 0.3 is 0 Å². The molecule has 0 aliphatic rings. The molecule has 0 atom stereocenters. The lowest BCUT2D eigenvalue weighted by atomic mass is 10.3. The van der Waals surface area contributed by atoms with Gasteiger partial charge in [0.05, 0.1) is 15.7 Å². The number of benzene rings is 1. The molecule has 0 spiro atoms. The fraction of sp³-hybridized carbons (Fsp3) is 0.214. The second-order valence-electron chi connectivity index (χ2n) is 4.44. The second kappa shape index (κ2) is 6.20. The molecular weight excluding hydrogens is 297 g/mol. The number of anilines is 2. The SMILES string of the molecule is CCCn1cc(N)cc1C(=O)Nc1ccc(Cl)c(Cl)c1. The van der Waals surface area contributed by atoms with Gasteiger partial charge in [0.25, 0.3) is 5.91 Å². The van der Waals surface area contributed by atoms with Crippen molar-refractivity contribution in [2.24, 2.45) is 0 Å². The number of rotatable bonds is 4. The van der Waals surface area contributed by atoms with E-state index in [1.807, 2.05) is 11.5 Å². The Morgan fingerprint density at radius 2 is 2.05 bits per heavy atom. The van der Waals surface area contributed by atoms with Crippen LogP contribution in [0.3, 0.4) is 0 Å². The Bertz CT molecular complexity index is 637. The van der Waals surface area contributed by atoms with Crippen LogP contribution in [0.1, 0.15) is 23.8 Å². The van der Waals surface area contributed by atoms with E-state index >= 15 is 0 Å². The summed E-state index contributed by atoms with van der Waals surface area (Å²) in [6, 6.07) is 6.60. The molecule has 0 radical (unpaired) electrons. The molecule has 4 nitrogen and oxygen atoms in total. The summed E-state index contributed by atoms with van der Waals surface area (Å²) in [4.78, 5) is 12.3. The van der Waals surface area contributed by atoms with Gasteiger partial charge in [-0.3, -0.25) is 4.79 Å². The predicted octanol–water partition coefficient (Wildman–Crippen LogP) is 4.04. The third-order valence-corrected chi connectivity index (χ3v) is 3.53. The maximum Gasteiger partial charge on any atom is 0.272 e. The number of nitrogens with one attached hydrogen (secondary N) is 1. The highest BCUT2D eigenvalue weighted by molar-refractivity contribution is 6.42. The predicted molar refractivity (Wildman–Crippen MR) is 83.6 cm³/mol. The zero-order valence-electron chi connectivity index (χ0n) is 11.0. The Morgan fingerprint density at radius 3 is 2.70 bits per heavy atom. The summed E-state index contributed by atoms with van der Waals surface area (Å²) in [6.45, 7) is 2.78. The molecule has 0 saturated heterocycles. The van der Waals surface area contributed by atoms with E-state index in [0.29, 0.717) is 27.1 Å². The number of nitrogen functional groups attached to an aromatic ring is 1. The molecule has 2 aromatic rings. The van der Waals surface area contributed by atoms with Crippen molar-refractivity contribution in [3.63, 3.8) is 0 Å². The number of aromatic nitrogens is 1. The maximum absolute atomic E-state index is 12.3. The number of hydrogen-bond donors (Lipinski definition) is 2.